The Hall–Kier alpha value is -1.49. The van der Waals surface area contributed by atoms with Gasteiger partial charge in [0.25, 0.3) is 0 Å². The lowest BCUT2D eigenvalue weighted by Gasteiger charge is -2.13. The molecule has 0 aliphatic heterocycles. The molecule has 0 aliphatic rings. The number of carbonyl (C=O) groups is 1. The fraction of sp³-hybridized carbons (Fsp3) is 0.308. The minimum atomic E-state index is -0.431. The highest BCUT2D eigenvalue weighted by molar-refractivity contribution is 9.10. The zero-order valence-electron chi connectivity index (χ0n) is 10.7. The molecule has 18 heavy (non-hydrogen) atoms. The van der Waals surface area contributed by atoms with Gasteiger partial charge in [-0.2, -0.15) is 0 Å². The van der Waals surface area contributed by atoms with Crippen LogP contribution in [0.3, 0.4) is 0 Å². The van der Waals surface area contributed by atoms with E-state index in [4.69, 9.17) is 9.47 Å². The number of anilines is 1. The quantitative estimate of drug-likeness (QED) is 0.669. The molecule has 0 amide bonds. The van der Waals surface area contributed by atoms with Crippen molar-refractivity contribution in [1.82, 2.24) is 0 Å². The van der Waals surface area contributed by atoms with Crippen LogP contribution in [0, 0.1) is 0 Å². The molecule has 98 valence electrons. The molecule has 0 radical (unpaired) electrons. The number of esters is 1. The van der Waals surface area contributed by atoms with Crippen molar-refractivity contribution in [3.63, 3.8) is 0 Å². The van der Waals surface area contributed by atoms with Gasteiger partial charge in [-0.3, -0.25) is 0 Å². The molecular weight excluding hydrogens is 298 g/mol. The van der Waals surface area contributed by atoms with Crippen molar-refractivity contribution in [3.8, 4) is 5.75 Å². The van der Waals surface area contributed by atoms with Gasteiger partial charge >= 0.3 is 5.97 Å². The normalized spacial score (nSPS) is 9.78. The molecule has 0 aliphatic carbocycles. The Morgan fingerprint density at radius 1 is 1.44 bits per heavy atom. The van der Waals surface area contributed by atoms with Gasteiger partial charge in [0, 0.05) is 17.1 Å². The van der Waals surface area contributed by atoms with E-state index in [0.29, 0.717) is 17.9 Å². The van der Waals surface area contributed by atoms with Crippen LogP contribution in [0.2, 0.25) is 0 Å². The Kier molecular flexibility index (Phi) is 5.22. The van der Waals surface area contributed by atoms with Crippen LogP contribution < -0.4 is 10.1 Å². The second-order valence-corrected chi connectivity index (χ2v) is 4.69. The van der Waals surface area contributed by atoms with E-state index < -0.39 is 5.97 Å². The van der Waals surface area contributed by atoms with E-state index in [1.807, 2.05) is 6.92 Å². The van der Waals surface area contributed by atoms with Gasteiger partial charge in [-0.15, -0.1) is 0 Å². The van der Waals surface area contributed by atoms with Crippen LogP contribution in [0.25, 0.3) is 0 Å². The summed E-state index contributed by atoms with van der Waals surface area (Å²) in [5.41, 5.74) is 2.23. The third kappa shape index (κ3) is 3.50. The molecule has 4 nitrogen and oxygen atoms in total. The van der Waals surface area contributed by atoms with E-state index in [1.54, 1.807) is 12.1 Å². The number of hydrogen-bond donors (Lipinski definition) is 1. The van der Waals surface area contributed by atoms with Gasteiger partial charge in [0.1, 0.15) is 11.3 Å². The van der Waals surface area contributed by atoms with E-state index in [9.17, 15) is 4.79 Å². The van der Waals surface area contributed by atoms with Gasteiger partial charge in [-0.05, 0) is 28.9 Å². The number of ether oxygens (including phenoxy) is 2. The molecule has 0 unspecified atom stereocenters. The molecule has 0 bridgehead atoms. The minimum Gasteiger partial charge on any atom is -0.496 e. The molecule has 0 fully saturated rings. The highest BCUT2D eigenvalue weighted by Crippen LogP contribution is 2.31. The predicted octanol–water partition coefficient (Wildman–Crippen LogP) is 3.23. The summed E-state index contributed by atoms with van der Waals surface area (Å²) in [6.45, 7) is 6.40. The third-order valence-corrected chi connectivity index (χ3v) is 2.93. The maximum atomic E-state index is 11.6. The average molecular weight is 314 g/mol. The van der Waals surface area contributed by atoms with Gasteiger partial charge in [0.2, 0.25) is 0 Å². The monoisotopic (exact) mass is 313 g/mol. The predicted molar refractivity (Wildman–Crippen MR) is 75.3 cm³/mol. The first-order chi connectivity index (χ1) is 8.49. The number of carbonyl (C=O) groups excluding carboxylic acids is 1. The summed E-state index contributed by atoms with van der Waals surface area (Å²) in [5.74, 6) is 0.0354. The van der Waals surface area contributed by atoms with Crippen molar-refractivity contribution in [2.24, 2.45) is 0 Å². The van der Waals surface area contributed by atoms with Gasteiger partial charge in [-0.1, -0.05) is 12.2 Å². The van der Waals surface area contributed by atoms with Crippen molar-refractivity contribution in [1.29, 1.82) is 0 Å². The Morgan fingerprint density at radius 2 is 2.11 bits per heavy atom. The summed E-state index contributed by atoms with van der Waals surface area (Å²) in [4.78, 5) is 11.6. The first-order valence-corrected chi connectivity index (χ1v) is 6.13. The van der Waals surface area contributed by atoms with Crippen LogP contribution in [0.5, 0.6) is 5.75 Å². The van der Waals surface area contributed by atoms with Crippen molar-refractivity contribution in [2.45, 2.75) is 6.92 Å². The van der Waals surface area contributed by atoms with Crippen molar-refractivity contribution >= 4 is 27.6 Å². The average Bonchev–Trinajstić information content (AvgIpc) is 2.35. The van der Waals surface area contributed by atoms with Crippen molar-refractivity contribution in [3.05, 3.63) is 34.3 Å². The molecule has 0 saturated carbocycles. The second kappa shape index (κ2) is 6.44. The molecule has 1 N–H and O–H groups in total. The molecule has 1 rings (SSSR count). The van der Waals surface area contributed by atoms with E-state index in [1.165, 1.54) is 14.2 Å². The SMILES string of the molecule is C=C(C)CNc1cc(OC)c(C(=O)OC)cc1Br. The zero-order chi connectivity index (χ0) is 13.7. The summed E-state index contributed by atoms with van der Waals surface area (Å²) < 4.78 is 10.7. The lowest BCUT2D eigenvalue weighted by molar-refractivity contribution is 0.0597. The standard InChI is InChI=1S/C13H16BrNO3/c1-8(2)7-15-11-6-12(17-3)9(5-10(11)14)13(16)18-4/h5-6,15H,1,7H2,2-4H3. The number of rotatable bonds is 5. The first kappa shape index (κ1) is 14.6. The van der Waals surface area contributed by atoms with Gasteiger partial charge < -0.3 is 14.8 Å². The summed E-state index contributed by atoms with van der Waals surface area (Å²) in [6.07, 6.45) is 0. The van der Waals surface area contributed by atoms with E-state index >= 15 is 0 Å². The number of hydrogen-bond acceptors (Lipinski definition) is 4. The topological polar surface area (TPSA) is 47.6 Å². The number of halogens is 1. The Labute approximate surface area is 115 Å². The van der Waals surface area contributed by atoms with Gasteiger partial charge in [0.15, 0.2) is 0 Å². The molecule has 0 saturated heterocycles. The summed E-state index contributed by atoms with van der Waals surface area (Å²) in [5, 5.41) is 3.19. The number of methoxy groups -OCH3 is 2. The summed E-state index contributed by atoms with van der Waals surface area (Å²) >= 11 is 3.40. The minimum absolute atomic E-state index is 0.382. The Morgan fingerprint density at radius 3 is 2.61 bits per heavy atom. The fourth-order valence-corrected chi connectivity index (χ4v) is 1.86. The van der Waals surface area contributed by atoms with E-state index in [0.717, 1.165) is 15.7 Å². The molecule has 1 aromatic carbocycles. The molecule has 5 heteroatoms. The third-order valence-electron chi connectivity index (χ3n) is 2.28. The summed E-state index contributed by atoms with van der Waals surface area (Å²) in [7, 11) is 2.85. The van der Waals surface area contributed by atoms with Crippen LogP contribution >= 0.6 is 15.9 Å². The van der Waals surface area contributed by atoms with Crippen molar-refractivity contribution < 1.29 is 14.3 Å². The summed E-state index contributed by atoms with van der Waals surface area (Å²) in [6, 6.07) is 3.42. The van der Waals surface area contributed by atoms with Crippen LogP contribution in [0.4, 0.5) is 5.69 Å². The van der Waals surface area contributed by atoms with Gasteiger partial charge in [0.05, 0.1) is 19.9 Å². The van der Waals surface area contributed by atoms with Crippen LogP contribution in [-0.2, 0) is 4.74 Å². The number of nitrogens with one attached hydrogen (secondary N) is 1. The highest BCUT2D eigenvalue weighted by Gasteiger charge is 2.15. The van der Waals surface area contributed by atoms with E-state index in [2.05, 4.69) is 27.8 Å². The molecule has 0 heterocycles. The molecule has 1 aromatic rings. The lowest BCUT2D eigenvalue weighted by atomic mass is 10.1. The van der Waals surface area contributed by atoms with Crippen molar-refractivity contribution in [2.75, 3.05) is 26.1 Å². The van der Waals surface area contributed by atoms with Crippen LogP contribution in [0.15, 0.2) is 28.8 Å². The second-order valence-electron chi connectivity index (χ2n) is 3.83. The first-order valence-electron chi connectivity index (χ1n) is 5.33. The Balaban J connectivity index is 3.09. The zero-order valence-corrected chi connectivity index (χ0v) is 12.3. The smallest absolute Gasteiger partial charge is 0.341 e. The highest BCUT2D eigenvalue weighted by atomic mass is 79.9. The number of benzene rings is 1. The lowest BCUT2D eigenvalue weighted by Crippen LogP contribution is -2.07. The fourth-order valence-electron chi connectivity index (χ4n) is 1.37. The van der Waals surface area contributed by atoms with Crippen LogP contribution in [-0.4, -0.2) is 26.7 Å². The maximum Gasteiger partial charge on any atom is 0.341 e. The Bertz CT molecular complexity index is 472. The van der Waals surface area contributed by atoms with E-state index in [-0.39, 0.29) is 0 Å². The van der Waals surface area contributed by atoms with Crippen LogP contribution in [0.1, 0.15) is 17.3 Å². The molecule has 0 aromatic heterocycles. The largest absolute Gasteiger partial charge is 0.496 e. The molecule has 0 spiro atoms. The maximum absolute atomic E-state index is 11.6. The molecular formula is C13H16BrNO3. The van der Waals surface area contributed by atoms with Gasteiger partial charge in [-0.25, -0.2) is 4.79 Å². The molecule has 0 atom stereocenters.